The molecule has 1 aromatic heterocycles. The van der Waals surface area contributed by atoms with Crippen LogP contribution in [0.3, 0.4) is 0 Å². The van der Waals surface area contributed by atoms with Crippen molar-refractivity contribution in [3.8, 4) is 11.5 Å². The number of benzene rings is 2. The van der Waals surface area contributed by atoms with Gasteiger partial charge in [-0.3, -0.25) is 4.79 Å². The summed E-state index contributed by atoms with van der Waals surface area (Å²) in [6.45, 7) is 0.389. The van der Waals surface area contributed by atoms with E-state index in [-0.39, 0.29) is 5.91 Å². The predicted octanol–water partition coefficient (Wildman–Crippen LogP) is 3.66. The topological polar surface area (TPSA) is 65.4 Å². The molecule has 3 rings (SSSR count). The molecule has 138 valence electrons. The lowest BCUT2D eigenvalue weighted by molar-refractivity contribution is -0.111. The summed E-state index contributed by atoms with van der Waals surface area (Å²) in [5.41, 5.74) is 1.62. The molecule has 6 nitrogen and oxygen atoms in total. The molecule has 0 aliphatic carbocycles. The summed E-state index contributed by atoms with van der Waals surface area (Å²) in [5, 5.41) is 2.82. The van der Waals surface area contributed by atoms with Gasteiger partial charge in [0, 0.05) is 31.2 Å². The maximum Gasteiger partial charge on any atom is 0.248 e. The fourth-order valence-electron chi connectivity index (χ4n) is 2.39. The second kappa shape index (κ2) is 8.71. The quantitative estimate of drug-likeness (QED) is 0.651. The van der Waals surface area contributed by atoms with Crippen molar-refractivity contribution in [2.24, 2.45) is 7.05 Å². The van der Waals surface area contributed by atoms with Crippen LogP contribution in [0.2, 0.25) is 0 Å². The Balaban J connectivity index is 1.51. The Hall–Kier alpha value is -3.54. The van der Waals surface area contributed by atoms with Gasteiger partial charge in [0.25, 0.3) is 0 Å². The zero-order valence-electron chi connectivity index (χ0n) is 15.3. The number of carbonyl (C=O) groups excluding carboxylic acids is 1. The van der Waals surface area contributed by atoms with Crippen LogP contribution in [0.15, 0.2) is 67.0 Å². The van der Waals surface area contributed by atoms with Crippen LogP contribution in [0.5, 0.6) is 11.5 Å². The average Bonchev–Trinajstić information content (AvgIpc) is 3.11. The first-order valence-corrected chi connectivity index (χ1v) is 8.46. The van der Waals surface area contributed by atoms with Crippen molar-refractivity contribution >= 4 is 17.7 Å². The van der Waals surface area contributed by atoms with Crippen LogP contribution < -0.4 is 14.8 Å². The number of ether oxygens (including phenoxy) is 2. The molecule has 0 fully saturated rings. The van der Waals surface area contributed by atoms with E-state index in [4.69, 9.17) is 9.47 Å². The van der Waals surface area contributed by atoms with Crippen LogP contribution in [0.25, 0.3) is 6.08 Å². The molecule has 6 heteroatoms. The SMILES string of the molecule is COc1ccc(/C=C/C(=O)Nc2ccc(OCc3nccn3C)cc2)cc1. The summed E-state index contributed by atoms with van der Waals surface area (Å²) in [5.74, 6) is 2.13. The van der Waals surface area contributed by atoms with E-state index in [0.717, 1.165) is 17.1 Å². The molecule has 2 aromatic carbocycles. The Morgan fingerprint density at radius 3 is 2.44 bits per heavy atom. The minimum absolute atomic E-state index is 0.201. The van der Waals surface area contributed by atoms with Gasteiger partial charge in [-0.2, -0.15) is 0 Å². The van der Waals surface area contributed by atoms with E-state index in [1.165, 1.54) is 6.08 Å². The number of hydrogen-bond donors (Lipinski definition) is 1. The summed E-state index contributed by atoms with van der Waals surface area (Å²) >= 11 is 0. The van der Waals surface area contributed by atoms with Crippen LogP contribution in [-0.2, 0) is 18.4 Å². The third-order valence-electron chi connectivity index (χ3n) is 3.95. The normalized spacial score (nSPS) is 10.7. The molecule has 0 bridgehead atoms. The van der Waals surface area contributed by atoms with Crippen molar-refractivity contribution in [1.29, 1.82) is 0 Å². The predicted molar refractivity (Wildman–Crippen MR) is 105 cm³/mol. The summed E-state index contributed by atoms with van der Waals surface area (Å²) < 4.78 is 12.7. The Kier molecular flexibility index (Phi) is 5.89. The Morgan fingerprint density at radius 1 is 1.11 bits per heavy atom. The lowest BCUT2D eigenvalue weighted by Gasteiger charge is -2.07. The molecule has 27 heavy (non-hydrogen) atoms. The lowest BCUT2D eigenvalue weighted by atomic mass is 10.2. The number of rotatable bonds is 7. The number of carbonyl (C=O) groups is 1. The van der Waals surface area contributed by atoms with Crippen molar-refractivity contribution in [3.63, 3.8) is 0 Å². The molecule has 0 saturated heterocycles. The van der Waals surface area contributed by atoms with Gasteiger partial charge in [-0.1, -0.05) is 12.1 Å². The second-order valence-corrected chi connectivity index (χ2v) is 5.86. The third kappa shape index (κ3) is 5.22. The number of nitrogens with one attached hydrogen (secondary N) is 1. The molecule has 0 aliphatic rings. The summed E-state index contributed by atoms with van der Waals surface area (Å²) in [4.78, 5) is 16.3. The van der Waals surface area contributed by atoms with Gasteiger partial charge < -0.3 is 19.4 Å². The summed E-state index contributed by atoms with van der Waals surface area (Å²) in [7, 11) is 3.54. The fourth-order valence-corrected chi connectivity index (χ4v) is 2.39. The highest BCUT2D eigenvalue weighted by atomic mass is 16.5. The summed E-state index contributed by atoms with van der Waals surface area (Å²) in [6.07, 6.45) is 6.85. The molecule has 1 amide bonds. The lowest BCUT2D eigenvalue weighted by Crippen LogP contribution is -2.07. The van der Waals surface area contributed by atoms with Gasteiger partial charge in [0.05, 0.1) is 7.11 Å². The molecular formula is C21H21N3O3. The first-order chi connectivity index (χ1) is 13.1. The number of methoxy groups -OCH3 is 1. The molecule has 0 spiro atoms. The number of aromatic nitrogens is 2. The van der Waals surface area contributed by atoms with E-state index in [1.807, 2.05) is 54.2 Å². The number of aryl methyl sites for hydroxylation is 1. The molecule has 0 aliphatic heterocycles. The third-order valence-corrected chi connectivity index (χ3v) is 3.95. The van der Waals surface area contributed by atoms with E-state index in [1.54, 1.807) is 31.5 Å². The Bertz CT molecular complexity index is 913. The number of nitrogens with zero attached hydrogens (tertiary/aromatic N) is 2. The fraction of sp³-hybridized carbons (Fsp3) is 0.143. The van der Waals surface area contributed by atoms with Crippen molar-refractivity contribution in [2.75, 3.05) is 12.4 Å². The van der Waals surface area contributed by atoms with Crippen molar-refractivity contribution < 1.29 is 14.3 Å². The van der Waals surface area contributed by atoms with Crippen LogP contribution in [0.4, 0.5) is 5.69 Å². The molecule has 0 unspecified atom stereocenters. The number of hydrogen-bond acceptors (Lipinski definition) is 4. The van der Waals surface area contributed by atoms with Crippen LogP contribution >= 0.6 is 0 Å². The van der Waals surface area contributed by atoms with Gasteiger partial charge in [0.2, 0.25) is 5.91 Å². The van der Waals surface area contributed by atoms with Crippen LogP contribution in [0.1, 0.15) is 11.4 Å². The summed E-state index contributed by atoms with van der Waals surface area (Å²) in [6, 6.07) is 14.7. The van der Waals surface area contributed by atoms with Gasteiger partial charge in [0.15, 0.2) is 0 Å². The Morgan fingerprint density at radius 2 is 1.81 bits per heavy atom. The molecule has 0 saturated carbocycles. The number of anilines is 1. The monoisotopic (exact) mass is 363 g/mol. The smallest absolute Gasteiger partial charge is 0.248 e. The van der Waals surface area contributed by atoms with Crippen LogP contribution in [-0.4, -0.2) is 22.6 Å². The molecule has 1 heterocycles. The first kappa shape index (κ1) is 18.3. The van der Waals surface area contributed by atoms with Crippen molar-refractivity contribution in [3.05, 3.63) is 78.4 Å². The van der Waals surface area contributed by atoms with Crippen LogP contribution in [0, 0.1) is 0 Å². The minimum atomic E-state index is -0.201. The molecule has 0 radical (unpaired) electrons. The number of imidazole rings is 1. The zero-order chi connectivity index (χ0) is 19.1. The van der Waals surface area contributed by atoms with E-state index in [2.05, 4.69) is 10.3 Å². The van der Waals surface area contributed by atoms with Crippen molar-refractivity contribution in [1.82, 2.24) is 9.55 Å². The van der Waals surface area contributed by atoms with E-state index in [0.29, 0.717) is 18.0 Å². The number of amides is 1. The molecule has 0 atom stereocenters. The van der Waals surface area contributed by atoms with Gasteiger partial charge in [-0.05, 0) is 48.0 Å². The van der Waals surface area contributed by atoms with Gasteiger partial charge >= 0.3 is 0 Å². The second-order valence-electron chi connectivity index (χ2n) is 5.86. The molecule has 3 aromatic rings. The molecular weight excluding hydrogens is 342 g/mol. The first-order valence-electron chi connectivity index (χ1n) is 8.46. The van der Waals surface area contributed by atoms with Gasteiger partial charge in [-0.25, -0.2) is 4.98 Å². The zero-order valence-corrected chi connectivity index (χ0v) is 15.3. The average molecular weight is 363 g/mol. The largest absolute Gasteiger partial charge is 0.497 e. The van der Waals surface area contributed by atoms with E-state index in [9.17, 15) is 4.79 Å². The minimum Gasteiger partial charge on any atom is -0.497 e. The van der Waals surface area contributed by atoms with E-state index < -0.39 is 0 Å². The highest BCUT2D eigenvalue weighted by molar-refractivity contribution is 6.01. The van der Waals surface area contributed by atoms with Gasteiger partial charge in [-0.15, -0.1) is 0 Å². The van der Waals surface area contributed by atoms with E-state index >= 15 is 0 Å². The van der Waals surface area contributed by atoms with Gasteiger partial charge in [0.1, 0.15) is 23.9 Å². The standard InChI is InChI=1S/C21H21N3O3/c1-24-14-13-22-20(24)15-27-19-10-6-17(7-11-19)23-21(25)12-5-16-3-8-18(26-2)9-4-16/h3-14H,15H2,1-2H3,(H,23,25)/b12-5+. The Labute approximate surface area is 158 Å². The highest BCUT2D eigenvalue weighted by Gasteiger charge is 2.02. The maximum atomic E-state index is 12.0. The highest BCUT2D eigenvalue weighted by Crippen LogP contribution is 2.17. The molecule has 1 N–H and O–H groups in total. The van der Waals surface area contributed by atoms with Crippen molar-refractivity contribution in [2.45, 2.75) is 6.61 Å². The maximum absolute atomic E-state index is 12.0.